The van der Waals surface area contributed by atoms with E-state index < -0.39 is 12.3 Å². The summed E-state index contributed by atoms with van der Waals surface area (Å²) in [5.41, 5.74) is 4.48. The largest absolute Gasteiger partial charge is 0.356 e. The van der Waals surface area contributed by atoms with Gasteiger partial charge in [-0.2, -0.15) is 0 Å². The van der Waals surface area contributed by atoms with Gasteiger partial charge in [-0.05, 0) is 53.9 Å². The highest BCUT2D eigenvalue weighted by molar-refractivity contribution is 6.01. The second kappa shape index (κ2) is 9.17. The number of benzene rings is 3. The molecule has 4 rings (SSSR count). The summed E-state index contributed by atoms with van der Waals surface area (Å²) in [4.78, 5) is 27.7. The lowest BCUT2D eigenvalue weighted by atomic mass is 10.0. The number of anilines is 1. The summed E-state index contributed by atoms with van der Waals surface area (Å²) >= 11 is 0. The average Bonchev–Trinajstić information content (AvgIpc) is 2.81. The number of para-hydroxylation sites is 1. The van der Waals surface area contributed by atoms with E-state index in [-0.39, 0.29) is 24.8 Å². The number of fused-ring (bicyclic) bond motifs is 1. The third-order valence-electron chi connectivity index (χ3n) is 5.46. The van der Waals surface area contributed by atoms with Crippen LogP contribution in [0.1, 0.15) is 31.8 Å². The maximum Gasteiger partial charge on any atom is 0.274 e. The summed E-state index contributed by atoms with van der Waals surface area (Å²) in [6, 6.07) is 19.8. The van der Waals surface area contributed by atoms with Crippen molar-refractivity contribution in [1.82, 2.24) is 10.4 Å². The molecular formula is C24H22FN3O4. The van der Waals surface area contributed by atoms with Gasteiger partial charge in [0.15, 0.2) is 0 Å². The molecule has 2 amide bonds. The molecule has 0 aromatic heterocycles. The molecule has 0 radical (unpaired) electrons. The van der Waals surface area contributed by atoms with E-state index >= 15 is 0 Å². The molecule has 0 aliphatic carbocycles. The highest BCUT2D eigenvalue weighted by Gasteiger charge is 2.36. The lowest BCUT2D eigenvalue weighted by molar-refractivity contribution is 0.00120. The minimum absolute atomic E-state index is 0.212. The fourth-order valence-electron chi connectivity index (χ4n) is 3.81. The van der Waals surface area contributed by atoms with Crippen molar-refractivity contribution in [3.05, 3.63) is 101 Å². The van der Waals surface area contributed by atoms with Gasteiger partial charge in [0, 0.05) is 18.7 Å². The molecule has 1 heterocycles. The first-order chi connectivity index (χ1) is 15.5. The van der Waals surface area contributed by atoms with Gasteiger partial charge in [0.25, 0.3) is 11.8 Å². The third kappa shape index (κ3) is 4.32. The van der Waals surface area contributed by atoms with E-state index in [0.717, 1.165) is 11.1 Å². The monoisotopic (exact) mass is 435 g/mol. The Hall–Kier alpha value is -3.75. The number of carbonyl (C=O) groups is 2. The van der Waals surface area contributed by atoms with Crippen molar-refractivity contribution in [3.63, 3.8) is 0 Å². The van der Waals surface area contributed by atoms with E-state index in [4.69, 9.17) is 5.21 Å². The van der Waals surface area contributed by atoms with E-state index in [2.05, 4.69) is 0 Å². The maximum absolute atomic E-state index is 13.5. The first-order valence-corrected chi connectivity index (χ1v) is 10.1. The van der Waals surface area contributed by atoms with Crippen LogP contribution in [0.2, 0.25) is 0 Å². The molecule has 3 aromatic rings. The molecule has 3 N–H and O–H groups in total. The molecule has 1 unspecified atom stereocenters. The van der Waals surface area contributed by atoms with Gasteiger partial charge in [-0.1, -0.05) is 36.4 Å². The van der Waals surface area contributed by atoms with Crippen molar-refractivity contribution in [3.8, 4) is 0 Å². The molecular weight excluding hydrogens is 413 g/mol. The number of carbonyl (C=O) groups excluding carboxylic acids is 2. The molecule has 32 heavy (non-hydrogen) atoms. The van der Waals surface area contributed by atoms with E-state index in [9.17, 15) is 19.1 Å². The Kier molecular flexibility index (Phi) is 6.16. The summed E-state index contributed by atoms with van der Waals surface area (Å²) in [5, 5.41) is 19.8. The van der Waals surface area contributed by atoms with E-state index in [1.54, 1.807) is 71.0 Å². The van der Waals surface area contributed by atoms with E-state index in [0.29, 0.717) is 23.2 Å². The molecule has 7 nitrogen and oxygen atoms in total. The number of aliphatic hydroxyl groups is 1. The van der Waals surface area contributed by atoms with Gasteiger partial charge in [0.05, 0.1) is 11.3 Å². The average molecular weight is 435 g/mol. The molecule has 8 heteroatoms. The van der Waals surface area contributed by atoms with Crippen LogP contribution in [0.3, 0.4) is 0 Å². The Balaban J connectivity index is 1.58. The highest BCUT2D eigenvalue weighted by atomic mass is 19.1. The van der Waals surface area contributed by atoms with Crippen molar-refractivity contribution in [2.75, 3.05) is 11.4 Å². The molecule has 1 atom stereocenters. The molecule has 164 valence electrons. The van der Waals surface area contributed by atoms with Gasteiger partial charge in [-0.25, -0.2) is 9.87 Å². The standard InChI is InChI=1S/C24H22FN3O4/c25-19-5-3-4-16(14-19)12-13-27-23(30)20-6-1-2-7-21(20)28(24(27)31)15-17-8-10-18(11-9-17)22(29)26-32/h1-11,14,24,31-32H,12-13,15H2,(H,26,29). The van der Waals surface area contributed by atoms with Gasteiger partial charge >= 0.3 is 0 Å². The molecule has 1 aliphatic heterocycles. The zero-order valence-electron chi connectivity index (χ0n) is 17.1. The van der Waals surface area contributed by atoms with Crippen LogP contribution in [0, 0.1) is 5.82 Å². The summed E-state index contributed by atoms with van der Waals surface area (Å²) < 4.78 is 13.5. The Bertz CT molecular complexity index is 1140. The first kappa shape index (κ1) is 21.5. The van der Waals surface area contributed by atoms with Gasteiger partial charge in [-0.3, -0.25) is 19.7 Å². The molecule has 0 saturated carbocycles. The van der Waals surface area contributed by atoms with E-state index in [1.165, 1.54) is 17.0 Å². The van der Waals surface area contributed by atoms with Crippen LogP contribution in [0.15, 0.2) is 72.8 Å². The summed E-state index contributed by atoms with van der Waals surface area (Å²) in [6.07, 6.45) is -0.826. The normalized spacial score (nSPS) is 15.5. The number of hydrogen-bond donors (Lipinski definition) is 3. The number of aliphatic hydroxyl groups excluding tert-OH is 1. The van der Waals surface area contributed by atoms with Crippen LogP contribution in [-0.4, -0.2) is 39.9 Å². The quantitative estimate of drug-likeness (QED) is 0.409. The second-order valence-corrected chi connectivity index (χ2v) is 7.51. The first-order valence-electron chi connectivity index (χ1n) is 10.1. The van der Waals surface area contributed by atoms with Crippen molar-refractivity contribution in [1.29, 1.82) is 0 Å². The Morgan fingerprint density at radius 3 is 2.44 bits per heavy atom. The molecule has 0 saturated heterocycles. The minimum Gasteiger partial charge on any atom is -0.356 e. The Labute approximate surface area is 184 Å². The van der Waals surface area contributed by atoms with Gasteiger partial charge in [-0.15, -0.1) is 0 Å². The molecule has 0 bridgehead atoms. The number of nitrogens with one attached hydrogen (secondary N) is 1. The molecule has 3 aromatic carbocycles. The highest BCUT2D eigenvalue weighted by Crippen LogP contribution is 2.31. The van der Waals surface area contributed by atoms with Crippen LogP contribution in [0.4, 0.5) is 10.1 Å². The third-order valence-corrected chi connectivity index (χ3v) is 5.46. The van der Waals surface area contributed by atoms with Gasteiger partial charge in [0.2, 0.25) is 6.35 Å². The lowest BCUT2D eigenvalue weighted by Crippen LogP contribution is -2.55. The fourth-order valence-corrected chi connectivity index (χ4v) is 3.81. The van der Waals surface area contributed by atoms with Crippen molar-refractivity contribution in [2.24, 2.45) is 0 Å². The van der Waals surface area contributed by atoms with Crippen molar-refractivity contribution in [2.45, 2.75) is 19.3 Å². The smallest absolute Gasteiger partial charge is 0.274 e. The topological polar surface area (TPSA) is 93.1 Å². The number of nitrogens with zero attached hydrogens (tertiary/aromatic N) is 2. The summed E-state index contributed by atoms with van der Waals surface area (Å²) in [7, 11) is 0. The summed E-state index contributed by atoms with van der Waals surface area (Å²) in [5.74, 6) is -1.26. The number of amides is 2. The Morgan fingerprint density at radius 2 is 1.72 bits per heavy atom. The predicted octanol–water partition coefficient (Wildman–Crippen LogP) is 2.93. The summed E-state index contributed by atoms with van der Waals surface area (Å²) in [6.45, 7) is 0.493. The van der Waals surface area contributed by atoms with Gasteiger partial charge < -0.3 is 10.0 Å². The van der Waals surface area contributed by atoms with Crippen molar-refractivity contribution < 1.29 is 24.3 Å². The molecule has 0 spiro atoms. The number of hydrogen-bond acceptors (Lipinski definition) is 5. The maximum atomic E-state index is 13.5. The second-order valence-electron chi connectivity index (χ2n) is 7.51. The fraction of sp³-hybridized carbons (Fsp3) is 0.167. The zero-order valence-corrected chi connectivity index (χ0v) is 17.1. The minimum atomic E-state index is -1.22. The Morgan fingerprint density at radius 1 is 0.969 bits per heavy atom. The van der Waals surface area contributed by atoms with Crippen LogP contribution < -0.4 is 10.4 Å². The lowest BCUT2D eigenvalue weighted by Gasteiger charge is -2.42. The van der Waals surface area contributed by atoms with Crippen molar-refractivity contribution >= 4 is 17.5 Å². The number of hydroxylamine groups is 1. The van der Waals surface area contributed by atoms with Gasteiger partial charge in [0.1, 0.15) is 5.82 Å². The van der Waals surface area contributed by atoms with E-state index in [1.807, 2.05) is 0 Å². The van der Waals surface area contributed by atoms with Crippen LogP contribution >= 0.6 is 0 Å². The number of halogens is 1. The zero-order chi connectivity index (χ0) is 22.7. The predicted molar refractivity (Wildman–Crippen MR) is 115 cm³/mol. The SMILES string of the molecule is O=C(NO)c1ccc(CN2c3ccccc3C(=O)N(CCc3cccc(F)c3)C2O)cc1. The number of rotatable bonds is 6. The van der Waals surface area contributed by atoms with Crippen LogP contribution in [0.5, 0.6) is 0 Å². The molecule has 1 aliphatic rings. The van der Waals surface area contributed by atoms with Crippen LogP contribution in [-0.2, 0) is 13.0 Å². The van der Waals surface area contributed by atoms with Crippen LogP contribution in [0.25, 0.3) is 0 Å². The molecule has 0 fully saturated rings.